The monoisotopic (exact) mass is 309 g/mol. The van der Waals surface area contributed by atoms with Crippen molar-refractivity contribution in [2.45, 2.75) is 59.0 Å². The Morgan fingerprint density at radius 3 is 2.67 bits per heavy atom. The van der Waals surface area contributed by atoms with Crippen molar-refractivity contribution in [3.05, 3.63) is 22.8 Å². The van der Waals surface area contributed by atoms with E-state index in [-0.39, 0.29) is 0 Å². The van der Waals surface area contributed by atoms with Crippen LogP contribution >= 0.6 is 11.6 Å². The SMILES string of the molecule is CCCC1CCN(c2ccc(Cl)c(CNC(C)C)n2)CC1. The van der Waals surface area contributed by atoms with Crippen LogP contribution in [0.4, 0.5) is 5.82 Å². The Kier molecular flexibility index (Phi) is 6.31. The Balaban J connectivity index is 1.99. The van der Waals surface area contributed by atoms with E-state index in [4.69, 9.17) is 16.6 Å². The molecule has 1 saturated heterocycles. The van der Waals surface area contributed by atoms with E-state index in [9.17, 15) is 0 Å². The highest BCUT2D eigenvalue weighted by molar-refractivity contribution is 6.31. The quantitative estimate of drug-likeness (QED) is 0.851. The van der Waals surface area contributed by atoms with Gasteiger partial charge in [-0.25, -0.2) is 4.98 Å². The summed E-state index contributed by atoms with van der Waals surface area (Å²) in [4.78, 5) is 7.17. The minimum Gasteiger partial charge on any atom is -0.357 e. The zero-order chi connectivity index (χ0) is 15.2. The summed E-state index contributed by atoms with van der Waals surface area (Å²) in [5.41, 5.74) is 0.957. The Hall–Kier alpha value is -0.800. The van der Waals surface area contributed by atoms with Crippen molar-refractivity contribution in [3.8, 4) is 0 Å². The Morgan fingerprint density at radius 2 is 2.05 bits per heavy atom. The predicted molar refractivity (Wildman–Crippen MR) is 91.1 cm³/mol. The number of piperidine rings is 1. The first kappa shape index (κ1) is 16.6. The van der Waals surface area contributed by atoms with Gasteiger partial charge in [-0.05, 0) is 30.9 Å². The first-order chi connectivity index (χ1) is 10.1. The number of hydrogen-bond acceptors (Lipinski definition) is 3. The van der Waals surface area contributed by atoms with E-state index < -0.39 is 0 Å². The summed E-state index contributed by atoms with van der Waals surface area (Å²) < 4.78 is 0. The second-order valence-corrected chi connectivity index (χ2v) is 6.76. The number of hydrogen-bond donors (Lipinski definition) is 1. The van der Waals surface area contributed by atoms with Gasteiger partial charge in [0.25, 0.3) is 0 Å². The molecule has 1 aliphatic heterocycles. The summed E-state index contributed by atoms with van der Waals surface area (Å²) in [7, 11) is 0. The fraction of sp³-hybridized carbons (Fsp3) is 0.706. The topological polar surface area (TPSA) is 28.2 Å². The molecule has 118 valence electrons. The van der Waals surface area contributed by atoms with Gasteiger partial charge in [0.05, 0.1) is 10.7 Å². The lowest BCUT2D eigenvalue weighted by Crippen LogP contribution is -2.34. The van der Waals surface area contributed by atoms with Gasteiger partial charge in [0.1, 0.15) is 5.82 Å². The third-order valence-electron chi connectivity index (χ3n) is 4.22. The normalized spacial score (nSPS) is 16.7. The molecule has 0 aromatic carbocycles. The van der Waals surface area contributed by atoms with Gasteiger partial charge in [-0.2, -0.15) is 0 Å². The average Bonchev–Trinajstić information content (AvgIpc) is 2.47. The van der Waals surface area contributed by atoms with Crippen molar-refractivity contribution in [3.63, 3.8) is 0 Å². The molecule has 1 aromatic heterocycles. The van der Waals surface area contributed by atoms with Gasteiger partial charge in [0.2, 0.25) is 0 Å². The van der Waals surface area contributed by atoms with Crippen molar-refractivity contribution in [2.24, 2.45) is 5.92 Å². The third-order valence-corrected chi connectivity index (χ3v) is 4.56. The Bertz CT molecular complexity index is 440. The van der Waals surface area contributed by atoms with Gasteiger partial charge in [0, 0.05) is 25.7 Å². The minimum absolute atomic E-state index is 0.441. The van der Waals surface area contributed by atoms with Crippen molar-refractivity contribution in [1.29, 1.82) is 0 Å². The number of halogens is 1. The summed E-state index contributed by atoms with van der Waals surface area (Å²) in [6.07, 6.45) is 5.25. The summed E-state index contributed by atoms with van der Waals surface area (Å²) in [5.74, 6) is 1.98. The molecule has 4 heteroatoms. The summed E-state index contributed by atoms with van der Waals surface area (Å²) >= 11 is 6.26. The van der Waals surface area contributed by atoms with Gasteiger partial charge in [-0.3, -0.25) is 0 Å². The van der Waals surface area contributed by atoms with Gasteiger partial charge < -0.3 is 10.2 Å². The number of pyridine rings is 1. The van der Waals surface area contributed by atoms with Gasteiger partial charge >= 0.3 is 0 Å². The van der Waals surface area contributed by atoms with E-state index in [0.717, 1.165) is 42.1 Å². The van der Waals surface area contributed by atoms with E-state index in [1.165, 1.54) is 25.7 Å². The Morgan fingerprint density at radius 1 is 1.33 bits per heavy atom. The molecule has 0 bridgehead atoms. The van der Waals surface area contributed by atoms with E-state index in [1.807, 2.05) is 6.07 Å². The largest absolute Gasteiger partial charge is 0.357 e. The van der Waals surface area contributed by atoms with Crippen molar-refractivity contribution < 1.29 is 0 Å². The summed E-state index contributed by atoms with van der Waals surface area (Å²) in [5, 5.41) is 4.15. The predicted octanol–water partition coefficient (Wildman–Crippen LogP) is 4.25. The number of aromatic nitrogens is 1. The van der Waals surface area contributed by atoms with Crippen molar-refractivity contribution in [1.82, 2.24) is 10.3 Å². The molecule has 1 N–H and O–H groups in total. The number of nitrogens with zero attached hydrogens (tertiary/aromatic N) is 2. The van der Waals surface area contributed by atoms with E-state index >= 15 is 0 Å². The molecular formula is C17H28ClN3. The van der Waals surface area contributed by atoms with Crippen LogP contribution in [0.5, 0.6) is 0 Å². The van der Waals surface area contributed by atoms with Crippen LogP contribution in [-0.4, -0.2) is 24.1 Å². The molecule has 0 aliphatic carbocycles. The number of nitrogens with one attached hydrogen (secondary N) is 1. The molecule has 0 amide bonds. The van der Waals surface area contributed by atoms with Crippen LogP contribution in [0.25, 0.3) is 0 Å². The first-order valence-corrected chi connectivity index (χ1v) is 8.61. The maximum atomic E-state index is 6.26. The molecule has 0 unspecified atom stereocenters. The molecule has 1 aliphatic rings. The fourth-order valence-electron chi connectivity index (χ4n) is 2.93. The lowest BCUT2D eigenvalue weighted by molar-refractivity contribution is 0.377. The van der Waals surface area contributed by atoms with E-state index in [2.05, 4.69) is 37.1 Å². The average molecular weight is 310 g/mol. The smallest absolute Gasteiger partial charge is 0.128 e. The molecule has 2 rings (SSSR count). The van der Waals surface area contributed by atoms with Gasteiger partial charge in [0.15, 0.2) is 0 Å². The van der Waals surface area contributed by atoms with E-state index in [0.29, 0.717) is 6.04 Å². The molecule has 0 atom stereocenters. The Labute approximate surface area is 134 Å². The zero-order valence-corrected chi connectivity index (χ0v) is 14.3. The molecule has 2 heterocycles. The molecule has 0 radical (unpaired) electrons. The molecule has 0 spiro atoms. The second kappa shape index (κ2) is 8.00. The van der Waals surface area contributed by atoms with Crippen LogP contribution in [0.3, 0.4) is 0 Å². The molecular weight excluding hydrogens is 282 g/mol. The van der Waals surface area contributed by atoms with E-state index in [1.54, 1.807) is 0 Å². The molecule has 21 heavy (non-hydrogen) atoms. The van der Waals surface area contributed by atoms with Crippen LogP contribution in [0.15, 0.2) is 12.1 Å². The number of rotatable bonds is 6. The lowest BCUT2D eigenvalue weighted by Gasteiger charge is -2.33. The third kappa shape index (κ3) is 4.86. The van der Waals surface area contributed by atoms with Gasteiger partial charge in [-0.15, -0.1) is 0 Å². The zero-order valence-electron chi connectivity index (χ0n) is 13.5. The van der Waals surface area contributed by atoms with Crippen molar-refractivity contribution in [2.75, 3.05) is 18.0 Å². The molecule has 3 nitrogen and oxygen atoms in total. The first-order valence-electron chi connectivity index (χ1n) is 8.24. The highest BCUT2D eigenvalue weighted by atomic mass is 35.5. The molecule has 1 fully saturated rings. The highest BCUT2D eigenvalue weighted by Gasteiger charge is 2.20. The van der Waals surface area contributed by atoms with Crippen LogP contribution in [-0.2, 0) is 6.54 Å². The lowest BCUT2D eigenvalue weighted by atomic mass is 9.92. The van der Waals surface area contributed by atoms with Crippen molar-refractivity contribution >= 4 is 17.4 Å². The van der Waals surface area contributed by atoms with Crippen LogP contribution in [0.2, 0.25) is 5.02 Å². The molecule has 1 aromatic rings. The minimum atomic E-state index is 0.441. The number of anilines is 1. The van der Waals surface area contributed by atoms with Crippen LogP contribution in [0.1, 0.15) is 52.1 Å². The van der Waals surface area contributed by atoms with Gasteiger partial charge in [-0.1, -0.05) is 45.2 Å². The summed E-state index contributed by atoms with van der Waals surface area (Å²) in [6, 6.07) is 4.48. The molecule has 0 saturated carbocycles. The van der Waals surface area contributed by atoms with Crippen LogP contribution < -0.4 is 10.2 Å². The van der Waals surface area contributed by atoms with Crippen LogP contribution in [0, 0.1) is 5.92 Å². The highest BCUT2D eigenvalue weighted by Crippen LogP contribution is 2.26. The maximum Gasteiger partial charge on any atom is 0.128 e. The fourth-order valence-corrected chi connectivity index (χ4v) is 3.10. The maximum absolute atomic E-state index is 6.26. The standard InChI is InChI=1S/C17H28ClN3/c1-4-5-14-8-10-21(11-9-14)17-7-6-15(18)16(20-17)12-19-13(2)3/h6-7,13-14,19H,4-5,8-12H2,1-3H3. The second-order valence-electron chi connectivity index (χ2n) is 6.35. The summed E-state index contributed by atoms with van der Waals surface area (Å²) in [6.45, 7) is 9.52.